The van der Waals surface area contributed by atoms with Crippen molar-refractivity contribution in [2.24, 2.45) is 4.99 Å². The van der Waals surface area contributed by atoms with Crippen molar-refractivity contribution in [3.05, 3.63) is 23.9 Å². The predicted octanol–water partition coefficient (Wildman–Crippen LogP) is 2.77. The van der Waals surface area contributed by atoms with E-state index in [9.17, 15) is 4.79 Å². The summed E-state index contributed by atoms with van der Waals surface area (Å²) in [4.78, 5) is 22.5. The van der Waals surface area contributed by atoms with E-state index in [0.29, 0.717) is 38.7 Å². The number of aromatic nitrogens is 1. The molecule has 28 heavy (non-hydrogen) atoms. The Kier molecular flexibility index (Phi) is 11.6. The molecule has 1 fully saturated rings. The van der Waals surface area contributed by atoms with Crippen molar-refractivity contribution in [2.45, 2.75) is 46.2 Å². The Morgan fingerprint density at radius 2 is 2.04 bits per heavy atom. The maximum absolute atomic E-state index is 11.8. The van der Waals surface area contributed by atoms with Crippen LogP contribution in [0.15, 0.2) is 23.3 Å². The minimum atomic E-state index is -0.225. The Labute approximate surface area is 184 Å². The molecule has 158 valence electrons. The summed E-state index contributed by atoms with van der Waals surface area (Å²) in [7, 11) is 0. The van der Waals surface area contributed by atoms with Crippen molar-refractivity contribution in [2.75, 3.05) is 32.8 Å². The number of nitrogens with one attached hydrogen (secondary N) is 2. The number of rotatable bonds is 7. The fraction of sp³-hybridized carbons (Fsp3) is 0.632. The van der Waals surface area contributed by atoms with Gasteiger partial charge in [-0.1, -0.05) is 6.07 Å². The molecule has 0 unspecified atom stereocenters. The van der Waals surface area contributed by atoms with E-state index in [4.69, 9.17) is 9.47 Å². The Morgan fingerprint density at radius 1 is 1.29 bits per heavy atom. The number of aliphatic imine (C=N–C) groups is 1. The molecule has 9 heteroatoms. The van der Waals surface area contributed by atoms with Crippen LogP contribution in [0.25, 0.3) is 0 Å². The summed E-state index contributed by atoms with van der Waals surface area (Å²) in [6.45, 7) is 9.42. The average Bonchev–Trinajstić information content (AvgIpc) is 2.68. The first-order valence-electron chi connectivity index (χ1n) is 9.71. The molecule has 0 aromatic carbocycles. The van der Waals surface area contributed by atoms with Crippen molar-refractivity contribution in [1.82, 2.24) is 20.5 Å². The van der Waals surface area contributed by atoms with Gasteiger partial charge in [-0.25, -0.2) is 14.8 Å². The standard InChI is InChI=1S/C19H31N5O3.HI/c1-4-20-18(22-14-15-8-7-11-21-17(15)26-5-2)23-16-9-12-24(13-10-16)19(25)27-6-3;/h7-8,11,16H,4-6,9-10,12-14H2,1-3H3,(H2,20,22,23);1H. The van der Waals surface area contributed by atoms with E-state index < -0.39 is 0 Å². The van der Waals surface area contributed by atoms with E-state index in [-0.39, 0.29) is 36.1 Å². The molecule has 2 rings (SSSR count). The highest BCUT2D eigenvalue weighted by Crippen LogP contribution is 2.15. The van der Waals surface area contributed by atoms with E-state index in [0.717, 1.165) is 30.9 Å². The van der Waals surface area contributed by atoms with Crippen molar-refractivity contribution in [3.63, 3.8) is 0 Å². The molecule has 1 amide bonds. The number of amides is 1. The van der Waals surface area contributed by atoms with Crippen LogP contribution in [0.1, 0.15) is 39.2 Å². The molecule has 1 saturated heterocycles. The van der Waals surface area contributed by atoms with Crippen molar-refractivity contribution < 1.29 is 14.3 Å². The fourth-order valence-corrected chi connectivity index (χ4v) is 2.91. The number of carbonyl (C=O) groups excluding carboxylic acids is 1. The average molecular weight is 505 g/mol. The SMILES string of the molecule is CCNC(=NCc1cccnc1OCC)NC1CCN(C(=O)OCC)CC1.I. The Morgan fingerprint density at radius 3 is 2.68 bits per heavy atom. The zero-order valence-electron chi connectivity index (χ0n) is 16.9. The highest BCUT2D eigenvalue weighted by molar-refractivity contribution is 14.0. The molecule has 0 aliphatic carbocycles. The van der Waals surface area contributed by atoms with Crippen LogP contribution in [0.3, 0.4) is 0 Å². The molecular weight excluding hydrogens is 473 g/mol. The van der Waals surface area contributed by atoms with Crippen LogP contribution in [0.2, 0.25) is 0 Å². The highest BCUT2D eigenvalue weighted by atomic mass is 127. The molecular formula is C19H32IN5O3. The highest BCUT2D eigenvalue weighted by Gasteiger charge is 2.24. The lowest BCUT2D eigenvalue weighted by molar-refractivity contribution is 0.0963. The third-order valence-corrected chi connectivity index (χ3v) is 4.24. The van der Waals surface area contributed by atoms with Gasteiger partial charge in [-0.2, -0.15) is 0 Å². The number of nitrogens with zero attached hydrogens (tertiary/aromatic N) is 3. The van der Waals surface area contributed by atoms with Gasteiger partial charge in [-0.05, 0) is 39.7 Å². The van der Waals surface area contributed by atoms with Crippen molar-refractivity contribution >= 4 is 36.0 Å². The minimum Gasteiger partial charge on any atom is -0.478 e. The van der Waals surface area contributed by atoms with Gasteiger partial charge >= 0.3 is 6.09 Å². The van der Waals surface area contributed by atoms with Gasteiger partial charge in [0.05, 0.1) is 19.8 Å². The third kappa shape index (κ3) is 7.69. The number of likely N-dealkylation sites (tertiary alicyclic amines) is 1. The summed E-state index contributed by atoms with van der Waals surface area (Å²) in [5.74, 6) is 1.39. The molecule has 2 heterocycles. The van der Waals surface area contributed by atoms with Gasteiger partial charge in [0.2, 0.25) is 5.88 Å². The third-order valence-electron chi connectivity index (χ3n) is 4.24. The van der Waals surface area contributed by atoms with Crippen LogP contribution >= 0.6 is 24.0 Å². The Bertz CT molecular complexity index is 621. The zero-order chi connectivity index (χ0) is 19.5. The predicted molar refractivity (Wildman–Crippen MR) is 120 cm³/mol. The van der Waals surface area contributed by atoms with Crippen LogP contribution < -0.4 is 15.4 Å². The second-order valence-corrected chi connectivity index (χ2v) is 6.20. The fourth-order valence-electron chi connectivity index (χ4n) is 2.91. The maximum atomic E-state index is 11.8. The zero-order valence-corrected chi connectivity index (χ0v) is 19.3. The molecule has 1 aliphatic rings. The maximum Gasteiger partial charge on any atom is 0.409 e. The number of hydrogen-bond acceptors (Lipinski definition) is 5. The lowest BCUT2D eigenvalue weighted by Gasteiger charge is -2.32. The monoisotopic (exact) mass is 505 g/mol. The smallest absolute Gasteiger partial charge is 0.409 e. The molecule has 0 saturated carbocycles. The van der Waals surface area contributed by atoms with Crippen LogP contribution in [0.5, 0.6) is 5.88 Å². The number of pyridine rings is 1. The summed E-state index contributed by atoms with van der Waals surface area (Å²) in [6.07, 6.45) is 3.22. The second-order valence-electron chi connectivity index (χ2n) is 6.20. The van der Waals surface area contributed by atoms with Gasteiger partial charge in [0.25, 0.3) is 0 Å². The van der Waals surface area contributed by atoms with Gasteiger partial charge in [0.15, 0.2) is 5.96 Å². The number of ether oxygens (including phenoxy) is 2. The lowest BCUT2D eigenvalue weighted by Crippen LogP contribution is -2.49. The first-order valence-corrected chi connectivity index (χ1v) is 9.71. The van der Waals surface area contributed by atoms with Gasteiger partial charge in [-0.3, -0.25) is 0 Å². The van der Waals surface area contributed by atoms with Gasteiger partial charge in [0, 0.05) is 37.4 Å². The quantitative estimate of drug-likeness (QED) is 0.337. The van der Waals surface area contributed by atoms with E-state index >= 15 is 0 Å². The number of halogens is 1. The van der Waals surface area contributed by atoms with Gasteiger partial charge in [0.1, 0.15) is 0 Å². The number of piperidine rings is 1. The minimum absolute atomic E-state index is 0. The van der Waals surface area contributed by atoms with Crippen molar-refractivity contribution in [1.29, 1.82) is 0 Å². The second kappa shape index (κ2) is 13.4. The van der Waals surface area contributed by atoms with Crippen LogP contribution in [0.4, 0.5) is 4.79 Å². The largest absolute Gasteiger partial charge is 0.478 e. The van der Waals surface area contributed by atoms with Gasteiger partial charge in [-0.15, -0.1) is 24.0 Å². The first-order chi connectivity index (χ1) is 13.2. The van der Waals surface area contributed by atoms with Crippen LogP contribution in [0, 0.1) is 0 Å². The first kappa shape index (κ1) is 24.3. The summed E-state index contributed by atoms with van der Waals surface area (Å²) in [5.41, 5.74) is 0.952. The molecule has 0 bridgehead atoms. The van der Waals surface area contributed by atoms with E-state index in [1.54, 1.807) is 11.1 Å². The summed E-state index contributed by atoms with van der Waals surface area (Å²) in [5, 5.41) is 6.75. The Balaban J connectivity index is 0.00000392. The molecule has 1 aromatic rings. The topological polar surface area (TPSA) is 88.1 Å². The van der Waals surface area contributed by atoms with E-state index in [2.05, 4.69) is 20.6 Å². The molecule has 8 nitrogen and oxygen atoms in total. The number of carbonyl (C=O) groups is 1. The van der Waals surface area contributed by atoms with Crippen LogP contribution in [-0.4, -0.2) is 60.8 Å². The number of guanidine groups is 1. The van der Waals surface area contributed by atoms with Crippen molar-refractivity contribution in [3.8, 4) is 5.88 Å². The lowest BCUT2D eigenvalue weighted by atomic mass is 10.1. The summed E-state index contributed by atoms with van der Waals surface area (Å²) in [6, 6.07) is 4.13. The van der Waals surface area contributed by atoms with E-state index in [1.807, 2.05) is 32.9 Å². The molecule has 1 aliphatic heterocycles. The Hall–Kier alpha value is -1.78. The van der Waals surface area contributed by atoms with Gasteiger partial charge < -0.3 is 25.0 Å². The molecule has 0 atom stereocenters. The molecule has 2 N–H and O–H groups in total. The van der Waals surface area contributed by atoms with Crippen LogP contribution in [-0.2, 0) is 11.3 Å². The normalized spacial score (nSPS) is 14.8. The molecule has 0 radical (unpaired) electrons. The molecule has 1 aromatic heterocycles. The summed E-state index contributed by atoms with van der Waals surface area (Å²) < 4.78 is 10.6. The molecule has 0 spiro atoms. The van der Waals surface area contributed by atoms with E-state index in [1.165, 1.54) is 0 Å². The number of hydrogen-bond donors (Lipinski definition) is 2. The summed E-state index contributed by atoms with van der Waals surface area (Å²) >= 11 is 0.